The molecule has 0 spiro atoms. The molecule has 0 radical (unpaired) electrons. The summed E-state index contributed by atoms with van der Waals surface area (Å²) in [5, 5.41) is 0. The molecule has 1 aliphatic heterocycles. The second-order valence-electron chi connectivity index (χ2n) is 5.16. The molecular weight excluding hydrogens is 296 g/mol. The number of hydrogen-bond acceptors (Lipinski definition) is 5. The molecule has 2 atom stereocenters. The van der Waals surface area contributed by atoms with Gasteiger partial charge in [-0.25, -0.2) is 9.59 Å². The van der Waals surface area contributed by atoms with Gasteiger partial charge in [-0.15, -0.1) is 0 Å². The van der Waals surface area contributed by atoms with Crippen molar-refractivity contribution in [1.29, 1.82) is 0 Å². The van der Waals surface area contributed by atoms with Crippen LogP contribution in [0, 0.1) is 0 Å². The third-order valence-corrected chi connectivity index (χ3v) is 3.45. The van der Waals surface area contributed by atoms with E-state index in [0.717, 1.165) is 0 Å². The van der Waals surface area contributed by atoms with Gasteiger partial charge < -0.3 is 14.2 Å². The fourth-order valence-corrected chi connectivity index (χ4v) is 2.28. The number of carbonyl (C=O) groups is 2. The van der Waals surface area contributed by atoms with Crippen LogP contribution in [0.2, 0.25) is 0 Å². The van der Waals surface area contributed by atoms with Crippen LogP contribution in [0.5, 0.6) is 0 Å². The molecule has 1 saturated heterocycles. The molecule has 2 aromatic rings. The second-order valence-corrected chi connectivity index (χ2v) is 5.16. The highest BCUT2D eigenvalue weighted by atomic mass is 16.7. The lowest BCUT2D eigenvalue weighted by Gasteiger charge is -2.12. The zero-order valence-corrected chi connectivity index (χ0v) is 12.4. The van der Waals surface area contributed by atoms with Gasteiger partial charge in [-0.3, -0.25) is 0 Å². The van der Waals surface area contributed by atoms with Crippen molar-refractivity contribution < 1.29 is 23.8 Å². The Morgan fingerprint density at radius 1 is 0.826 bits per heavy atom. The lowest BCUT2D eigenvalue weighted by molar-refractivity contribution is -0.0780. The van der Waals surface area contributed by atoms with Crippen molar-refractivity contribution in [2.45, 2.75) is 18.8 Å². The minimum Gasteiger partial charge on any atom is -0.456 e. The molecular formula is C18H16O5. The summed E-state index contributed by atoms with van der Waals surface area (Å²) in [6, 6.07) is 17.4. The topological polar surface area (TPSA) is 61.8 Å². The number of hydrogen-bond donors (Lipinski definition) is 0. The summed E-state index contributed by atoms with van der Waals surface area (Å²) in [6.07, 6.45) is -0.787. The Hall–Kier alpha value is -2.66. The highest BCUT2D eigenvalue weighted by Crippen LogP contribution is 2.20. The summed E-state index contributed by atoms with van der Waals surface area (Å²) in [7, 11) is 0. The van der Waals surface area contributed by atoms with Gasteiger partial charge in [0.05, 0.1) is 17.7 Å². The summed E-state index contributed by atoms with van der Waals surface area (Å²) in [6.45, 7) is 0.214. The van der Waals surface area contributed by atoms with E-state index in [9.17, 15) is 9.59 Å². The Labute approximate surface area is 133 Å². The van der Waals surface area contributed by atoms with Crippen LogP contribution in [0.1, 0.15) is 27.1 Å². The molecule has 0 aromatic heterocycles. The van der Waals surface area contributed by atoms with Gasteiger partial charge in [0.1, 0.15) is 6.10 Å². The molecule has 1 aliphatic rings. The van der Waals surface area contributed by atoms with E-state index in [0.29, 0.717) is 17.5 Å². The standard InChI is InChI=1S/C18H16O5/c19-17(13-7-3-1-4-8-13)22-15-11-16(21-12-15)23-18(20)14-9-5-2-6-10-14/h1-10,15-16H,11-12H2. The van der Waals surface area contributed by atoms with E-state index in [4.69, 9.17) is 14.2 Å². The highest BCUT2D eigenvalue weighted by molar-refractivity contribution is 5.90. The Bertz CT molecular complexity index is 609. The fraction of sp³-hybridized carbons (Fsp3) is 0.222. The van der Waals surface area contributed by atoms with Crippen LogP contribution in [0.25, 0.3) is 0 Å². The number of rotatable bonds is 4. The van der Waals surface area contributed by atoms with E-state index < -0.39 is 24.3 Å². The number of esters is 2. The normalized spacial score (nSPS) is 20.0. The average molecular weight is 312 g/mol. The molecule has 1 heterocycles. The zero-order valence-electron chi connectivity index (χ0n) is 12.4. The smallest absolute Gasteiger partial charge is 0.340 e. The zero-order chi connectivity index (χ0) is 16.1. The van der Waals surface area contributed by atoms with Crippen LogP contribution < -0.4 is 0 Å². The lowest BCUT2D eigenvalue weighted by atomic mass is 10.2. The molecule has 0 aliphatic carbocycles. The van der Waals surface area contributed by atoms with E-state index in [1.807, 2.05) is 12.1 Å². The molecule has 1 fully saturated rings. The van der Waals surface area contributed by atoms with Gasteiger partial charge in [0.25, 0.3) is 0 Å². The van der Waals surface area contributed by atoms with Crippen molar-refractivity contribution in [3.05, 3.63) is 71.8 Å². The maximum Gasteiger partial charge on any atom is 0.340 e. The maximum absolute atomic E-state index is 12.0. The second kappa shape index (κ2) is 7.07. The average Bonchev–Trinajstić information content (AvgIpc) is 3.03. The Morgan fingerprint density at radius 2 is 1.35 bits per heavy atom. The fourth-order valence-electron chi connectivity index (χ4n) is 2.28. The van der Waals surface area contributed by atoms with E-state index in [1.165, 1.54) is 0 Å². The number of carbonyl (C=O) groups excluding carboxylic acids is 2. The molecule has 118 valence electrons. The molecule has 0 amide bonds. The largest absolute Gasteiger partial charge is 0.456 e. The summed E-state index contributed by atoms with van der Waals surface area (Å²) in [4.78, 5) is 23.9. The van der Waals surface area contributed by atoms with Crippen molar-refractivity contribution in [2.75, 3.05) is 6.61 Å². The van der Waals surface area contributed by atoms with Gasteiger partial charge >= 0.3 is 11.9 Å². The van der Waals surface area contributed by atoms with Crippen molar-refractivity contribution in [3.63, 3.8) is 0 Å². The van der Waals surface area contributed by atoms with Crippen LogP contribution in [0.4, 0.5) is 0 Å². The van der Waals surface area contributed by atoms with Gasteiger partial charge in [-0.1, -0.05) is 36.4 Å². The maximum atomic E-state index is 12.0. The number of benzene rings is 2. The van der Waals surface area contributed by atoms with Crippen LogP contribution in [-0.2, 0) is 14.2 Å². The first-order valence-corrected chi connectivity index (χ1v) is 7.36. The van der Waals surface area contributed by atoms with Gasteiger partial charge in [0, 0.05) is 6.42 Å². The highest BCUT2D eigenvalue weighted by Gasteiger charge is 2.31. The Balaban J connectivity index is 1.51. The molecule has 2 unspecified atom stereocenters. The van der Waals surface area contributed by atoms with Gasteiger partial charge in [-0.2, -0.15) is 0 Å². The minimum atomic E-state index is -0.698. The third-order valence-electron chi connectivity index (χ3n) is 3.45. The summed E-state index contributed by atoms with van der Waals surface area (Å²) >= 11 is 0. The van der Waals surface area contributed by atoms with Crippen molar-refractivity contribution in [2.24, 2.45) is 0 Å². The van der Waals surface area contributed by atoms with Gasteiger partial charge in [0.15, 0.2) is 0 Å². The van der Waals surface area contributed by atoms with Crippen LogP contribution in [0.3, 0.4) is 0 Å². The molecule has 23 heavy (non-hydrogen) atoms. The minimum absolute atomic E-state index is 0.214. The lowest BCUT2D eigenvalue weighted by Crippen LogP contribution is -2.20. The van der Waals surface area contributed by atoms with Gasteiger partial charge in [0.2, 0.25) is 6.29 Å². The first-order chi connectivity index (χ1) is 11.2. The molecule has 0 bridgehead atoms. The molecule has 2 aromatic carbocycles. The predicted octanol–water partition coefficient (Wildman–Crippen LogP) is 2.82. The quantitative estimate of drug-likeness (QED) is 0.812. The number of ether oxygens (including phenoxy) is 3. The molecule has 3 rings (SSSR count). The SMILES string of the molecule is O=C(OC1COC(OC(=O)c2ccccc2)C1)c1ccccc1. The molecule has 5 heteroatoms. The molecule has 0 N–H and O–H groups in total. The Kier molecular flexibility index (Phi) is 4.68. The van der Waals surface area contributed by atoms with Crippen molar-refractivity contribution in [3.8, 4) is 0 Å². The molecule has 0 saturated carbocycles. The van der Waals surface area contributed by atoms with Crippen LogP contribution in [0.15, 0.2) is 60.7 Å². The first-order valence-electron chi connectivity index (χ1n) is 7.36. The van der Waals surface area contributed by atoms with Crippen molar-refractivity contribution in [1.82, 2.24) is 0 Å². The summed E-state index contributed by atoms with van der Waals surface area (Å²) in [5.74, 6) is -0.861. The Morgan fingerprint density at radius 3 is 1.91 bits per heavy atom. The van der Waals surface area contributed by atoms with Crippen LogP contribution in [-0.4, -0.2) is 30.9 Å². The molecule has 5 nitrogen and oxygen atoms in total. The van der Waals surface area contributed by atoms with Gasteiger partial charge in [-0.05, 0) is 24.3 Å². The van der Waals surface area contributed by atoms with E-state index in [2.05, 4.69) is 0 Å². The third kappa shape index (κ3) is 3.96. The van der Waals surface area contributed by atoms with E-state index >= 15 is 0 Å². The van der Waals surface area contributed by atoms with E-state index in [1.54, 1.807) is 48.5 Å². The summed E-state index contributed by atoms with van der Waals surface area (Å²) in [5.41, 5.74) is 0.943. The van der Waals surface area contributed by atoms with Crippen LogP contribution >= 0.6 is 0 Å². The predicted molar refractivity (Wildman–Crippen MR) is 81.9 cm³/mol. The van der Waals surface area contributed by atoms with Crippen molar-refractivity contribution >= 4 is 11.9 Å². The first kappa shape index (κ1) is 15.2. The summed E-state index contributed by atoms with van der Waals surface area (Å²) < 4.78 is 16.0. The van der Waals surface area contributed by atoms with E-state index in [-0.39, 0.29) is 6.61 Å². The monoisotopic (exact) mass is 312 g/mol.